The van der Waals surface area contributed by atoms with Gasteiger partial charge in [-0.05, 0) is 30.3 Å². The molecule has 0 radical (unpaired) electrons. The Morgan fingerprint density at radius 3 is 2.42 bits per heavy atom. The van der Waals surface area contributed by atoms with Gasteiger partial charge in [0, 0.05) is 35.5 Å². The number of ether oxygens (including phenoxy) is 1. The van der Waals surface area contributed by atoms with Gasteiger partial charge in [-0.3, -0.25) is 24.0 Å². The van der Waals surface area contributed by atoms with E-state index in [1.54, 1.807) is 23.1 Å². The predicted molar refractivity (Wildman–Crippen MR) is 159 cm³/mol. The molecule has 3 aromatic carbocycles. The molecular formula is C32H27F2N7O4. The maximum absolute atomic E-state index is 15.3. The Labute approximate surface area is 256 Å². The monoisotopic (exact) mass is 611 g/mol. The molecule has 2 aliphatic heterocycles. The quantitative estimate of drug-likeness (QED) is 0.310. The number of nitriles is 1. The highest BCUT2D eigenvalue weighted by molar-refractivity contribution is 6.13. The fourth-order valence-corrected chi connectivity index (χ4v) is 5.96. The van der Waals surface area contributed by atoms with E-state index in [0.29, 0.717) is 18.0 Å². The number of primary amides is 1. The van der Waals surface area contributed by atoms with Crippen molar-refractivity contribution in [2.75, 3.05) is 37.0 Å². The number of alkyl halides is 2. The second-order valence-electron chi connectivity index (χ2n) is 10.8. The number of hydrogen-bond donors (Lipinski definition) is 2. The summed E-state index contributed by atoms with van der Waals surface area (Å²) >= 11 is 0. The lowest BCUT2D eigenvalue weighted by molar-refractivity contribution is -0.118. The zero-order chi connectivity index (χ0) is 31.9. The maximum atomic E-state index is 15.3. The third-order valence-corrected chi connectivity index (χ3v) is 8.05. The molecule has 4 aromatic rings. The van der Waals surface area contributed by atoms with E-state index >= 15 is 8.78 Å². The normalized spacial score (nSPS) is 17.7. The van der Waals surface area contributed by atoms with E-state index in [1.165, 1.54) is 77.5 Å². The van der Waals surface area contributed by atoms with Gasteiger partial charge >= 0.3 is 0 Å². The van der Waals surface area contributed by atoms with Crippen molar-refractivity contribution in [3.63, 3.8) is 0 Å². The number of nitrogens with zero attached hydrogens (tertiary/aromatic N) is 5. The summed E-state index contributed by atoms with van der Waals surface area (Å²) in [5.74, 6) is -4.59. The van der Waals surface area contributed by atoms with Crippen LogP contribution in [0.2, 0.25) is 0 Å². The third-order valence-electron chi connectivity index (χ3n) is 8.05. The molecule has 6 rings (SSSR count). The summed E-state index contributed by atoms with van der Waals surface area (Å²) in [6.45, 7) is 0.564. The van der Waals surface area contributed by atoms with Crippen LogP contribution in [0.1, 0.15) is 43.6 Å². The average molecular weight is 612 g/mol. The summed E-state index contributed by atoms with van der Waals surface area (Å²) in [5.41, 5.74) is 5.95. The molecule has 45 heavy (non-hydrogen) atoms. The van der Waals surface area contributed by atoms with Gasteiger partial charge in [-0.1, -0.05) is 42.5 Å². The molecule has 13 heteroatoms. The molecule has 3 heterocycles. The minimum absolute atomic E-state index is 0.0455. The molecule has 0 bridgehead atoms. The van der Waals surface area contributed by atoms with Crippen LogP contribution in [0.4, 0.5) is 20.2 Å². The molecule has 0 spiro atoms. The molecule has 3 N–H and O–H groups in total. The Kier molecular flexibility index (Phi) is 7.51. The summed E-state index contributed by atoms with van der Waals surface area (Å²) in [7, 11) is 1.41. The number of rotatable bonds is 8. The van der Waals surface area contributed by atoms with Crippen molar-refractivity contribution in [1.29, 1.82) is 5.26 Å². The van der Waals surface area contributed by atoms with Crippen LogP contribution in [0.15, 0.2) is 79.0 Å². The standard InChI is InChI=1S/C32H27F2N7O4/c1-45-27-12-7-19(13-20(27)14-35)30(43)38-24-15-37-41-26-17-39(18-28(36)42)16-25(26)40(31(44)29(24)41)23-10-8-22(9-11-23)32(33,34)21-5-3-2-4-6-21/h2-13,15,25-26H,16-18H2,1H3,(H2,36,42)(H,38,43)/t25-,26+/m0/s1. The van der Waals surface area contributed by atoms with E-state index in [2.05, 4.69) is 10.4 Å². The Balaban J connectivity index is 1.35. The lowest BCUT2D eigenvalue weighted by atomic mass is 9.99. The maximum Gasteiger partial charge on any atom is 0.298 e. The summed E-state index contributed by atoms with van der Waals surface area (Å²) < 4.78 is 37.2. The summed E-state index contributed by atoms with van der Waals surface area (Å²) in [5, 5.41) is 16.6. The molecule has 1 saturated heterocycles. The Morgan fingerprint density at radius 2 is 1.76 bits per heavy atom. The van der Waals surface area contributed by atoms with Crippen molar-refractivity contribution in [2.24, 2.45) is 5.73 Å². The second kappa shape index (κ2) is 11.5. The van der Waals surface area contributed by atoms with Crippen molar-refractivity contribution in [3.8, 4) is 11.8 Å². The van der Waals surface area contributed by atoms with Gasteiger partial charge in [0.25, 0.3) is 17.7 Å². The highest BCUT2D eigenvalue weighted by atomic mass is 19.3. The van der Waals surface area contributed by atoms with Crippen LogP contribution < -0.4 is 20.7 Å². The van der Waals surface area contributed by atoms with E-state index < -0.39 is 35.7 Å². The van der Waals surface area contributed by atoms with Crippen LogP contribution in [-0.4, -0.2) is 65.2 Å². The second-order valence-corrected chi connectivity index (χ2v) is 10.8. The fraction of sp³-hybridized carbons (Fsp3) is 0.219. The van der Waals surface area contributed by atoms with Gasteiger partial charge in [-0.2, -0.15) is 19.1 Å². The number of methoxy groups -OCH3 is 1. The number of anilines is 2. The lowest BCUT2D eigenvalue weighted by Crippen LogP contribution is -2.51. The van der Waals surface area contributed by atoms with Gasteiger partial charge < -0.3 is 20.7 Å². The first-order chi connectivity index (χ1) is 21.6. The van der Waals surface area contributed by atoms with Crippen LogP contribution in [-0.2, 0) is 10.7 Å². The van der Waals surface area contributed by atoms with Crippen LogP contribution in [0, 0.1) is 11.3 Å². The SMILES string of the molecule is COc1ccc(C(=O)Nc2cnn3c2C(=O)N(c2ccc(C(F)(F)c4ccccc4)cc2)[C@H]2CN(CC(N)=O)C[C@H]23)cc1C#N. The number of hydrogen-bond acceptors (Lipinski definition) is 7. The van der Waals surface area contributed by atoms with E-state index in [-0.39, 0.29) is 46.7 Å². The first kappa shape index (κ1) is 29.5. The Morgan fingerprint density at radius 1 is 1.07 bits per heavy atom. The zero-order valence-corrected chi connectivity index (χ0v) is 24.0. The smallest absolute Gasteiger partial charge is 0.298 e. The predicted octanol–water partition coefficient (Wildman–Crippen LogP) is 3.53. The molecule has 0 saturated carbocycles. The number of benzene rings is 3. The van der Waals surface area contributed by atoms with Gasteiger partial charge in [0.1, 0.15) is 11.8 Å². The Hall–Kier alpha value is -5.61. The largest absolute Gasteiger partial charge is 0.495 e. The topological polar surface area (TPSA) is 147 Å². The van der Waals surface area contributed by atoms with Gasteiger partial charge in [0.15, 0.2) is 5.69 Å². The van der Waals surface area contributed by atoms with Gasteiger partial charge in [-0.15, -0.1) is 0 Å². The number of amides is 3. The molecule has 228 valence electrons. The number of nitrogens with one attached hydrogen (secondary N) is 1. The number of nitrogens with two attached hydrogens (primary N) is 1. The van der Waals surface area contributed by atoms with E-state index in [1.807, 2.05) is 6.07 Å². The molecule has 3 amide bonds. The van der Waals surface area contributed by atoms with Gasteiger partial charge in [-0.25, -0.2) is 0 Å². The van der Waals surface area contributed by atoms with E-state index in [9.17, 15) is 19.6 Å². The number of likely N-dealkylation sites (tertiary alicyclic amines) is 1. The highest BCUT2D eigenvalue weighted by Gasteiger charge is 2.48. The van der Waals surface area contributed by atoms with Gasteiger partial charge in [0.2, 0.25) is 5.91 Å². The molecule has 2 atom stereocenters. The molecule has 0 unspecified atom stereocenters. The number of aromatic nitrogens is 2. The van der Waals surface area contributed by atoms with Crippen LogP contribution >= 0.6 is 0 Å². The number of fused-ring (bicyclic) bond motifs is 3. The van der Waals surface area contributed by atoms with Crippen molar-refractivity contribution in [3.05, 3.63) is 107 Å². The minimum Gasteiger partial charge on any atom is -0.495 e. The average Bonchev–Trinajstić information content (AvgIpc) is 3.65. The highest BCUT2D eigenvalue weighted by Crippen LogP contribution is 2.40. The molecule has 0 aliphatic carbocycles. The van der Waals surface area contributed by atoms with Crippen molar-refractivity contribution in [2.45, 2.75) is 18.0 Å². The molecule has 1 aromatic heterocycles. The Bertz CT molecular complexity index is 1840. The zero-order valence-electron chi connectivity index (χ0n) is 24.0. The molecule has 2 aliphatic rings. The van der Waals surface area contributed by atoms with Crippen LogP contribution in [0.3, 0.4) is 0 Å². The first-order valence-corrected chi connectivity index (χ1v) is 14.0. The van der Waals surface area contributed by atoms with E-state index in [0.717, 1.165) is 0 Å². The van der Waals surface area contributed by atoms with Crippen LogP contribution in [0.25, 0.3) is 0 Å². The van der Waals surface area contributed by atoms with Crippen molar-refractivity contribution in [1.82, 2.24) is 14.7 Å². The molecule has 1 fully saturated rings. The minimum atomic E-state index is -3.26. The fourth-order valence-electron chi connectivity index (χ4n) is 5.96. The first-order valence-electron chi connectivity index (χ1n) is 14.0. The number of carbonyl (C=O) groups excluding carboxylic acids is 3. The number of carbonyl (C=O) groups is 3. The number of halogens is 2. The van der Waals surface area contributed by atoms with Gasteiger partial charge in [0.05, 0.1) is 43.2 Å². The third kappa shape index (κ3) is 5.25. The summed E-state index contributed by atoms with van der Waals surface area (Å²) in [6, 6.07) is 18.3. The van der Waals surface area contributed by atoms with E-state index in [4.69, 9.17) is 10.5 Å². The summed E-state index contributed by atoms with van der Waals surface area (Å²) in [6.07, 6.45) is 1.36. The summed E-state index contributed by atoms with van der Waals surface area (Å²) in [4.78, 5) is 42.4. The van der Waals surface area contributed by atoms with Crippen molar-refractivity contribution < 1.29 is 27.9 Å². The lowest BCUT2D eigenvalue weighted by Gasteiger charge is -2.37. The van der Waals surface area contributed by atoms with Crippen LogP contribution in [0.5, 0.6) is 5.75 Å². The molecular weight excluding hydrogens is 584 g/mol. The van der Waals surface area contributed by atoms with Crippen molar-refractivity contribution >= 4 is 29.1 Å². The molecule has 11 nitrogen and oxygen atoms in total.